The molecule has 0 spiro atoms. The Hall–Kier alpha value is -1.25. The summed E-state index contributed by atoms with van der Waals surface area (Å²) in [6.45, 7) is 2.57. The molecule has 1 aromatic rings. The lowest BCUT2D eigenvalue weighted by Crippen LogP contribution is -2.50. The van der Waals surface area contributed by atoms with E-state index in [4.69, 9.17) is 9.84 Å². The molecule has 1 fully saturated rings. The summed E-state index contributed by atoms with van der Waals surface area (Å²) >= 11 is 3.18. The van der Waals surface area contributed by atoms with Gasteiger partial charge in [-0.05, 0) is 22.9 Å². The van der Waals surface area contributed by atoms with E-state index in [1.165, 1.54) is 12.3 Å². The first-order valence-corrected chi connectivity index (χ1v) is 6.61. The van der Waals surface area contributed by atoms with Crippen LogP contribution in [0.4, 0.5) is 11.5 Å². The lowest BCUT2D eigenvalue weighted by Gasteiger charge is -2.37. The minimum atomic E-state index is -0.455. The molecule has 1 aliphatic heterocycles. The molecular formula is C11H14BrN3O4. The zero-order valence-electron chi connectivity index (χ0n) is 10.3. The molecule has 19 heavy (non-hydrogen) atoms. The van der Waals surface area contributed by atoms with Crippen LogP contribution in [0.2, 0.25) is 0 Å². The van der Waals surface area contributed by atoms with Gasteiger partial charge in [-0.25, -0.2) is 4.98 Å². The number of aromatic nitrogens is 1. The maximum Gasteiger partial charge on any atom is 0.312 e. The van der Waals surface area contributed by atoms with Gasteiger partial charge in [0.25, 0.3) is 0 Å². The lowest BCUT2D eigenvalue weighted by molar-refractivity contribution is -0.384. The molecule has 0 bridgehead atoms. The number of hydrogen-bond acceptors (Lipinski definition) is 6. The molecule has 2 heterocycles. The van der Waals surface area contributed by atoms with E-state index in [1.54, 1.807) is 4.90 Å². The van der Waals surface area contributed by atoms with Crippen molar-refractivity contribution >= 4 is 27.4 Å². The number of nitrogens with zero attached hydrogens (tertiary/aromatic N) is 3. The van der Waals surface area contributed by atoms with Crippen molar-refractivity contribution in [1.29, 1.82) is 0 Å². The molecule has 0 aliphatic carbocycles. The number of aliphatic hydroxyl groups excluding tert-OH is 1. The summed E-state index contributed by atoms with van der Waals surface area (Å²) in [5.74, 6) is 0.308. The van der Waals surface area contributed by atoms with Crippen LogP contribution in [0.3, 0.4) is 0 Å². The Kier molecular flexibility index (Phi) is 4.33. The number of ether oxygens (including phenoxy) is 1. The van der Waals surface area contributed by atoms with Gasteiger partial charge in [0.05, 0.1) is 30.3 Å². The predicted molar refractivity (Wildman–Crippen MR) is 72.2 cm³/mol. The van der Waals surface area contributed by atoms with Gasteiger partial charge in [-0.2, -0.15) is 0 Å². The number of halogens is 1. The molecule has 0 saturated carbocycles. The Labute approximate surface area is 118 Å². The van der Waals surface area contributed by atoms with Crippen molar-refractivity contribution in [3.05, 3.63) is 26.9 Å². The second-order valence-corrected chi connectivity index (χ2v) is 5.31. The molecule has 2 atom stereocenters. The molecule has 2 unspecified atom stereocenters. The normalized spacial score (nSPS) is 23.4. The Morgan fingerprint density at radius 2 is 2.47 bits per heavy atom. The van der Waals surface area contributed by atoms with Crippen molar-refractivity contribution in [2.24, 2.45) is 0 Å². The van der Waals surface area contributed by atoms with Crippen LogP contribution in [-0.4, -0.2) is 46.9 Å². The van der Waals surface area contributed by atoms with Crippen LogP contribution in [0, 0.1) is 10.1 Å². The fraction of sp³-hybridized carbons (Fsp3) is 0.545. The number of pyridine rings is 1. The highest BCUT2D eigenvalue weighted by molar-refractivity contribution is 9.10. The first-order chi connectivity index (χ1) is 9.02. The molecule has 7 nitrogen and oxygen atoms in total. The molecule has 1 N–H and O–H groups in total. The van der Waals surface area contributed by atoms with Crippen molar-refractivity contribution in [3.63, 3.8) is 0 Å². The predicted octanol–water partition coefficient (Wildman–Crippen LogP) is 1.34. The van der Waals surface area contributed by atoms with Crippen molar-refractivity contribution in [2.45, 2.75) is 19.1 Å². The van der Waals surface area contributed by atoms with E-state index in [1.807, 2.05) is 6.92 Å². The second-order valence-electron chi connectivity index (χ2n) is 4.39. The standard InChI is InChI=1S/C11H14BrN3O4/c1-7-6-19-9(5-16)4-14(7)11-10(15(17)18)2-8(12)3-13-11/h2-3,7,9,16H,4-6H2,1H3. The van der Waals surface area contributed by atoms with E-state index >= 15 is 0 Å². The van der Waals surface area contributed by atoms with E-state index in [0.29, 0.717) is 23.4 Å². The van der Waals surface area contributed by atoms with Gasteiger partial charge in [0, 0.05) is 23.3 Å². The number of hydrogen-bond donors (Lipinski definition) is 1. The molecule has 104 valence electrons. The first kappa shape index (κ1) is 14.2. The van der Waals surface area contributed by atoms with Crippen LogP contribution >= 0.6 is 15.9 Å². The van der Waals surface area contributed by atoms with Crippen molar-refractivity contribution in [2.75, 3.05) is 24.7 Å². The van der Waals surface area contributed by atoms with Gasteiger partial charge < -0.3 is 14.7 Å². The summed E-state index contributed by atoms with van der Waals surface area (Å²) in [6, 6.07) is 1.40. The quantitative estimate of drug-likeness (QED) is 0.664. The smallest absolute Gasteiger partial charge is 0.312 e. The molecule has 1 aliphatic rings. The van der Waals surface area contributed by atoms with E-state index in [0.717, 1.165) is 0 Å². The summed E-state index contributed by atoms with van der Waals surface area (Å²) in [7, 11) is 0. The average Bonchev–Trinajstić information content (AvgIpc) is 2.39. The second kappa shape index (κ2) is 5.81. The Balaban J connectivity index is 2.36. The molecule has 0 radical (unpaired) electrons. The summed E-state index contributed by atoms with van der Waals surface area (Å²) in [6.07, 6.45) is 1.18. The van der Waals surface area contributed by atoms with Crippen LogP contribution in [-0.2, 0) is 4.74 Å². The summed E-state index contributed by atoms with van der Waals surface area (Å²) in [5, 5.41) is 20.3. The Morgan fingerprint density at radius 3 is 3.11 bits per heavy atom. The monoisotopic (exact) mass is 331 g/mol. The molecule has 8 heteroatoms. The third-order valence-electron chi connectivity index (χ3n) is 2.99. The number of nitro groups is 1. The highest BCUT2D eigenvalue weighted by atomic mass is 79.9. The van der Waals surface area contributed by atoms with Crippen LogP contribution < -0.4 is 4.90 Å². The van der Waals surface area contributed by atoms with Crippen LogP contribution in [0.15, 0.2) is 16.7 Å². The lowest BCUT2D eigenvalue weighted by atomic mass is 10.2. The molecule has 2 rings (SSSR count). The molecule has 1 aromatic heterocycles. The zero-order chi connectivity index (χ0) is 14.0. The fourth-order valence-electron chi connectivity index (χ4n) is 2.00. The summed E-state index contributed by atoms with van der Waals surface area (Å²) in [4.78, 5) is 16.6. The van der Waals surface area contributed by atoms with Gasteiger partial charge >= 0.3 is 5.69 Å². The number of morpholine rings is 1. The molecule has 0 aromatic carbocycles. The first-order valence-electron chi connectivity index (χ1n) is 5.82. The number of anilines is 1. The van der Waals surface area contributed by atoms with Gasteiger partial charge in [0.2, 0.25) is 5.82 Å². The van der Waals surface area contributed by atoms with E-state index < -0.39 is 4.92 Å². The molecule has 0 amide bonds. The number of rotatable bonds is 3. The van der Waals surface area contributed by atoms with Crippen LogP contribution in [0.5, 0.6) is 0 Å². The number of aliphatic hydroxyl groups is 1. The third-order valence-corrected chi connectivity index (χ3v) is 3.43. The Morgan fingerprint density at radius 1 is 1.74 bits per heavy atom. The minimum Gasteiger partial charge on any atom is -0.394 e. The highest BCUT2D eigenvalue weighted by Gasteiger charge is 2.31. The van der Waals surface area contributed by atoms with Crippen molar-refractivity contribution < 1.29 is 14.8 Å². The van der Waals surface area contributed by atoms with Gasteiger partial charge in [-0.1, -0.05) is 0 Å². The highest BCUT2D eigenvalue weighted by Crippen LogP contribution is 2.31. The van der Waals surface area contributed by atoms with Gasteiger partial charge in [-0.3, -0.25) is 10.1 Å². The topological polar surface area (TPSA) is 88.7 Å². The van der Waals surface area contributed by atoms with Gasteiger partial charge in [0.1, 0.15) is 0 Å². The SMILES string of the molecule is CC1COC(CO)CN1c1ncc(Br)cc1[N+](=O)[O-]. The average molecular weight is 332 g/mol. The van der Waals surface area contributed by atoms with E-state index in [-0.39, 0.29) is 24.4 Å². The minimum absolute atomic E-state index is 0.0322. The van der Waals surface area contributed by atoms with Crippen LogP contribution in [0.1, 0.15) is 6.92 Å². The van der Waals surface area contributed by atoms with Crippen molar-refractivity contribution in [3.8, 4) is 0 Å². The van der Waals surface area contributed by atoms with E-state index in [9.17, 15) is 10.1 Å². The molecular weight excluding hydrogens is 318 g/mol. The Bertz CT molecular complexity index is 485. The van der Waals surface area contributed by atoms with Crippen LogP contribution in [0.25, 0.3) is 0 Å². The summed E-state index contributed by atoms with van der Waals surface area (Å²) in [5.41, 5.74) is -0.0557. The maximum absolute atomic E-state index is 11.1. The maximum atomic E-state index is 11.1. The van der Waals surface area contributed by atoms with Crippen molar-refractivity contribution in [1.82, 2.24) is 4.98 Å². The van der Waals surface area contributed by atoms with Gasteiger partial charge in [0.15, 0.2) is 0 Å². The van der Waals surface area contributed by atoms with Gasteiger partial charge in [-0.15, -0.1) is 0 Å². The summed E-state index contributed by atoms with van der Waals surface area (Å²) < 4.78 is 5.97. The fourth-order valence-corrected chi connectivity index (χ4v) is 2.32. The largest absolute Gasteiger partial charge is 0.394 e. The van der Waals surface area contributed by atoms with E-state index in [2.05, 4.69) is 20.9 Å². The zero-order valence-corrected chi connectivity index (χ0v) is 11.9. The molecule has 1 saturated heterocycles. The third kappa shape index (κ3) is 3.02.